The maximum atomic E-state index is 12.0. The van der Waals surface area contributed by atoms with E-state index < -0.39 is 5.54 Å². The zero-order chi connectivity index (χ0) is 15.1. The van der Waals surface area contributed by atoms with Gasteiger partial charge in [0.1, 0.15) is 24.5 Å². The third-order valence-electron chi connectivity index (χ3n) is 3.87. The Morgan fingerprint density at radius 3 is 2.62 bits per heavy atom. The minimum absolute atomic E-state index is 0.0158. The summed E-state index contributed by atoms with van der Waals surface area (Å²) in [6.45, 7) is 0.719. The molecule has 0 saturated heterocycles. The summed E-state index contributed by atoms with van der Waals surface area (Å²) in [7, 11) is 1.68. The number of benzene rings is 1. The smallest absolute Gasteiger partial charge is 0.249 e. The predicted molar refractivity (Wildman–Crippen MR) is 77.7 cm³/mol. The fourth-order valence-corrected chi connectivity index (χ4v) is 2.26. The van der Waals surface area contributed by atoms with Gasteiger partial charge in [0.15, 0.2) is 0 Å². The van der Waals surface area contributed by atoms with Crippen LogP contribution in [0.4, 0.5) is 0 Å². The zero-order valence-electron chi connectivity index (χ0n) is 12.2. The van der Waals surface area contributed by atoms with E-state index >= 15 is 0 Å². The Bertz CT molecular complexity index is 506. The van der Waals surface area contributed by atoms with Gasteiger partial charge in [0.2, 0.25) is 5.91 Å². The minimum atomic E-state index is -0.610. The molecule has 0 atom stereocenters. The van der Waals surface area contributed by atoms with Gasteiger partial charge in [-0.15, -0.1) is 0 Å². The highest BCUT2D eigenvalue weighted by molar-refractivity contribution is 5.78. The molecule has 1 aromatic carbocycles. The number of carbonyl (C=O) groups is 1. The Morgan fingerprint density at radius 1 is 1.33 bits per heavy atom. The minimum Gasteiger partial charge on any atom is -0.491 e. The van der Waals surface area contributed by atoms with Crippen LogP contribution in [0.5, 0.6) is 5.75 Å². The molecule has 1 aliphatic rings. The van der Waals surface area contributed by atoms with Crippen LogP contribution in [-0.4, -0.2) is 43.2 Å². The molecule has 5 nitrogen and oxygen atoms in total. The molecule has 0 spiro atoms. The first-order valence-corrected chi connectivity index (χ1v) is 7.11. The molecule has 0 bridgehead atoms. The van der Waals surface area contributed by atoms with Gasteiger partial charge in [-0.2, -0.15) is 5.26 Å². The van der Waals surface area contributed by atoms with Crippen molar-refractivity contribution in [2.24, 2.45) is 0 Å². The van der Waals surface area contributed by atoms with Crippen molar-refractivity contribution in [3.63, 3.8) is 0 Å². The summed E-state index contributed by atoms with van der Waals surface area (Å²) >= 11 is 0. The van der Waals surface area contributed by atoms with E-state index in [-0.39, 0.29) is 12.5 Å². The van der Waals surface area contributed by atoms with Gasteiger partial charge >= 0.3 is 0 Å². The van der Waals surface area contributed by atoms with Crippen molar-refractivity contribution >= 4 is 5.91 Å². The van der Waals surface area contributed by atoms with Gasteiger partial charge in [0.25, 0.3) is 0 Å². The Hall–Kier alpha value is -2.06. The molecule has 1 aliphatic carbocycles. The molecule has 21 heavy (non-hydrogen) atoms. The lowest BCUT2D eigenvalue weighted by molar-refractivity contribution is -0.141. The molecular formula is C16H20N2O3. The lowest BCUT2D eigenvalue weighted by atomic mass is 9.77. The third-order valence-corrected chi connectivity index (χ3v) is 3.87. The van der Waals surface area contributed by atoms with Crippen LogP contribution >= 0.6 is 0 Å². The monoisotopic (exact) mass is 288 g/mol. The normalized spacial score (nSPS) is 15.6. The van der Waals surface area contributed by atoms with Crippen LogP contribution in [-0.2, 0) is 9.53 Å². The average Bonchev–Trinajstić information content (AvgIpc) is 2.47. The number of rotatable bonds is 7. The van der Waals surface area contributed by atoms with Crippen molar-refractivity contribution in [3.8, 4) is 11.8 Å². The van der Waals surface area contributed by atoms with Crippen LogP contribution in [0.1, 0.15) is 19.3 Å². The largest absolute Gasteiger partial charge is 0.491 e. The first-order chi connectivity index (χ1) is 10.2. The molecule has 112 valence electrons. The molecule has 2 rings (SSSR count). The molecular weight excluding hydrogens is 268 g/mol. The molecule has 0 unspecified atom stereocenters. The molecule has 0 heterocycles. The Balaban J connectivity index is 1.64. The van der Waals surface area contributed by atoms with Crippen molar-refractivity contribution in [2.45, 2.75) is 24.8 Å². The van der Waals surface area contributed by atoms with Gasteiger partial charge in [-0.05, 0) is 31.4 Å². The van der Waals surface area contributed by atoms with Crippen molar-refractivity contribution < 1.29 is 14.3 Å². The molecule has 5 heteroatoms. The fraction of sp³-hybridized carbons (Fsp3) is 0.500. The topological polar surface area (TPSA) is 62.6 Å². The summed E-state index contributed by atoms with van der Waals surface area (Å²) in [6.07, 6.45) is 2.50. The van der Waals surface area contributed by atoms with Gasteiger partial charge in [0, 0.05) is 7.05 Å². The molecule has 1 saturated carbocycles. The first-order valence-electron chi connectivity index (χ1n) is 7.11. The number of ether oxygens (including phenoxy) is 2. The van der Waals surface area contributed by atoms with Gasteiger partial charge < -0.3 is 14.4 Å². The van der Waals surface area contributed by atoms with Crippen LogP contribution < -0.4 is 4.74 Å². The highest BCUT2D eigenvalue weighted by atomic mass is 16.5. The van der Waals surface area contributed by atoms with Crippen LogP contribution in [0.3, 0.4) is 0 Å². The number of hydrogen-bond acceptors (Lipinski definition) is 4. The second-order valence-corrected chi connectivity index (χ2v) is 5.16. The van der Waals surface area contributed by atoms with Crippen molar-refractivity contribution in [1.29, 1.82) is 5.26 Å². The number of nitrogens with zero attached hydrogens (tertiary/aromatic N) is 2. The standard InChI is InChI=1S/C16H20N2O3/c1-18(16(13-17)8-5-9-16)15(19)12-20-10-11-21-14-6-3-2-4-7-14/h2-4,6-7H,5,8-12H2,1H3. The second-order valence-electron chi connectivity index (χ2n) is 5.16. The number of hydrogen-bond donors (Lipinski definition) is 0. The lowest BCUT2D eigenvalue weighted by Gasteiger charge is -2.42. The van der Waals surface area contributed by atoms with E-state index in [0.29, 0.717) is 13.2 Å². The Labute approximate surface area is 125 Å². The SMILES string of the molecule is CN(C(=O)COCCOc1ccccc1)C1(C#N)CCC1. The van der Waals surface area contributed by atoms with E-state index in [1.54, 1.807) is 7.05 Å². The summed E-state index contributed by atoms with van der Waals surface area (Å²) in [5.41, 5.74) is -0.610. The van der Waals surface area contributed by atoms with Gasteiger partial charge in [-0.1, -0.05) is 18.2 Å². The lowest BCUT2D eigenvalue weighted by Crippen LogP contribution is -2.54. The molecule has 0 N–H and O–H groups in total. The zero-order valence-corrected chi connectivity index (χ0v) is 12.2. The van der Waals surface area contributed by atoms with E-state index in [1.807, 2.05) is 30.3 Å². The third kappa shape index (κ3) is 3.73. The first kappa shape index (κ1) is 15.3. The quantitative estimate of drug-likeness (QED) is 0.720. The number of carbonyl (C=O) groups excluding carboxylic acids is 1. The van der Waals surface area contributed by atoms with E-state index in [0.717, 1.165) is 25.0 Å². The van der Waals surface area contributed by atoms with E-state index in [9.17, 15) is 10.1 Å². The molecule has 1 aromatic rings. The molecule has 0 radical (unpaired) electrons. The van der Waals surface area contributed by atoms with Crippen LogP contribution in [0.15, 0.2) is 30.3 Å². The molecule has 0 aromatic heterocycles. The van der Waals surface area contributed by atoms with E-state index in [4.69, 9.17) is 9.47 Å². The second kappa shape index (κ2) is 7.09. The summed E-state index contributed by atoms with van der Waals surface area (Å²) < 4.78 is 10.8. The van der Waals surface area contributed by atoms with E-state index in [1.165, 1.54) is 4.90 Å². The summed E-state index contributed by atoms with van der Waals surface area (Å²) in [5, 5.41) is 9.19. The van der Waals surface area contributed by atoms with Crippen LogP contribution in [0, 0.1) is 11.3 Å². The summed E-state index contributed by atoms with van der Waals surface area (Å²) in [4.78, 5) is 13.5. The maximum absolute atomic E-state index is 12.0. The predicted octanol–water partition coefficient (Wildman–Crippen LogP) is 1.99. The average molecular weight is 288 g/mol. The van der Waals surface area contributed by atoms with Crippen LogP contribution in [0.2, 0.25) is 0 Å². The van der Waals surface area contributed by atoms with Crippen molar-refractivity contribution in [1.82, 2.24) is 4.90 Å². The highest BCUT2D eigenvalue weighted by Gasteiger charge is 2.43. The summed E-state index contributed by atoms with van der Waals surface area (Å²) in [5.74, 6) is 0.624. The Morgan fingerprint density at radius 2 is 2.05 bits per heavy atom. The van der Waals surface area contributed by atoms with E-state index in [2.05, 4.69) is 6.07 Å². The van der Waals surface area contributed by atoms with Crippen LogP contribution in [0.25, 0.3) is 0 Å². The van der Waals surface area contributed by atoms with Gasteiger partial charge in [-0.25, -0.2) is 0 Å². The molecule has 0 aliphatic heterocycles. The maximum Gasteiger partial charge on any atom is 0.249 e. The Kier molecular flexibility index (Phi) is 5.18. The van der Waals surface area contributed by atoms with Crippen molar-refractivity contribution in [2.75, 3.05) is 26.9 Å². The number of nitriles is 1. The highest BCUT2D eigenvalue weighted by Crippen LogP contribution is 2.36. The summed E-state index contributed by atoms with van der Waals surface area (Å²) in [6, 6.07) is 11.7. The fourth-order valence-electron chi connectivity index (χ4n) is 2.26. The molecule has 1 fully saturated rings. The number of para-hydroxylation sites is 1. The van der Waals surface area contributed by atoms with Crippen molar-refractivity contribution in [3.05, 3.63) is 30.3 Å². The molecule has 1 amide bonds. The van der Waals surface area contributed by atoms with Gasteiger partial charge in [0.05, 0.1) is 12.7 Å². The van der Waals surface area contributed by atoms with Gasteiger partial charge in [-0.3, -0.25) is 4.79 Å². The number of likely N-dealkylation sites (N-methyl/N-ethyl adjacent to an activating group) is 1. The number of amides is 1.